The Bertz CT molecular complexity index is 601. The van der Waals surface area contributed by atoms with Crippen LogP contribution in [-0.2, 0) is 0 Å². The molecule has 0 saturated heterocycles. The summed E-state index contributed by atoms with van der Waals surface area (Å²) in [6, 6.07) is 5.75. The molecule has 5 nitrogen and oxygen atoms in total. The van der Waals surface area contributed by atoms with Crippen LogP contribution in [0.3, 0.4) is 0 Å². The van der Waals surface area contributed by atoms with Gasteiger partial charge < -0.3 is 10.5 Å². The Labute approximate surface area is 110 Å². The summed E-state index contributed by atoms with van der Waals surface area (Å²) < 4.78 is 13.4. The van der Waals surface area contributed by atoms with E-state index in [1.54, 1.807) is 12.1 Å². The number of aromatic hydroxyl groups is 1. The molecule has 1 aromatic heterocycles. The summed E-state index contributed by atoms with van der Waals surface area (Å²) in [6.07, 6.45) is 0. The zero-order valence-electron chi connectivity index (χ0n) is 10.7. The predicted molar refractivity (Wildman–Crippen MR) is 71.0 cm³/mol. The maximum absolute atomic E-state index is 13.4. The van der Waals surface area contributed by atoms with E-state index in [9.17, 15) is 9.50 Å². The van der Waals surface area contributed by atoms with Gasteiger partial charge >= 0.3 is 0 Å². The van der Waals surface area contributed by atoms with E-state index in [4.69, 9.17) is 5.84 Å². The van der Waals surface area contributed by atoms with Crippen molar-refractivity contribution in [1.29, 1.82) is 0 Å². The average Bonchev–Trinajstić information content (AvgIpc) is 2.41. The van der Waals surface area contributed by atoms with Crippen LogP contribution in [0.25, 0.3) is 11.4 Å². The van der Waals surface area contributed by atoms with Crippen molar-refractivity contribution >= 4 is 5.82 Å². The Hall–Kier alpha value is -2.21. The number of hydrazine groups is 1. The van der Waals surface area contributed by atoms with Crippen LogP contribution < -0.4 is 11.3 Å². The van der Waals surface area contributed by atoms with Crippen LogP contribution in [0.15, 0.2) is 24.3 Å². The molecule has 4 N–H and O–H groups in total. The van der Waals surface area contributed by atoms with E-state index in [1.165, 1.54) is 12.1 Å². The van der Waals surface area contributed by atoms with Gasteiger partial charge in [-0.2, -0.15) is 0 Å². The van der Waals surface area contributed by atoms with Crippen molar-refractivity contribution < 1.29 is 9.50 Å². The summed E-state index contributed by atoms with van der Waals surface area (Å²) in [5.74, 6) is 5.26. The van der Waals surface area contributed by atoms with Gasteiger partial charge in [-0.25, -0.2) is 20.2 Å². The van der Waals surface area contributed by atoms with E-state index >= 15 is 0 Å². The summed E-state index contributed by atoms with van der Waals surface area (Å²) in [6.45, 7) is 3.98. The molecule has 0 fully saturated rings. The van der Waals surface area contributed by atoms with Crippen molar-refractivity contribution in [2.75, 3.05) is 5.43 Å². The number of hydrogen-bond donors (Lipinski definition) is 3. The molecule has 0 aliphatic heterocycles. The van der Waals surface area contributed by atoms with Gasteiger partial charge in [-0.3, -0.25) is 0 Å². The van der Waals surface area contributed by atoms with E-state index in [1.807, 2.05) is 13.8 Å². The first kappa shape index (κ1) is 13.2. The predicted octanol–water partition coefficient (Wildman–Crippen LogP) is 2.40. The third kappa shape index (κ3) is 2.79. The molecular formula is C13H15FN4O. The van der Waals surface area contributed by atoms with E-state index in [0.717, 1.165) is 5.69 Å². The van der Waals surface area contributed by atoms with Crippen LogP contribution in [0.4, 0.5) is 10.2 Å². The molecule has 0 unspecified atom stereocenters. The molecule has 6 heteroatoms. The van der Waals surface area contributed by atoms with Gasteiger partial charge in [0.1, 0.15) is 5.82 Å². The fourth-order valence-corrected chi connectivity index (χ4v) is 1.61. The molecule has 0 saturated carbocycles. The number of phenols is 1. The molecule has 0 aliphatic rings. The Balaban J connectivity index is 2.54. The van der Waals surface area contributed by atoms with E-state index < -0.39 is 11.6 Å². The zero-order valence-corrected chi connectivity index (χ0v) is 10.7. The molecule has 2 rings (SSSR count). The van der Waals surface area contributed by atoms with Gasteiger partial charge in [0, 0.05) is 17.3 Å². The molecular weight excluding hydrogens is 247 g/mol. The van der Waals surface area contributed by atoms with Crippen molar-refractivity contribution in [2.45, 2.75) is 19.8 Å². The largest absolute Gasteiger partial charge is 0.505 e. The molecule has 0 aliphatic carbocycles. The van der Waals surface area contributed by atoms with Gasteiger partial charge in [0.2, 0.25) is 0 Å². The summed E-state index contributed by atoms with van der Waals surface area (Å²) in [4.78, 5) is 8.55. The number of nitrogen functional groups attached to an aromatic ring is 1. The normalized spacial score (nSPS) is 10.8. The van der Waals surface area contributed by atoms with Crippen molar-refractivity contribution in [2.24, 2.45) is 5.84 Å². The number of halogens is 1. The first-order valence-corrected chi connectivity index (χ1v) is 5.85. The molecule has 0 radical (unpaired) electrons. The maximum atomic E-state index is 13.4. The zero-order chi connectivity index (χ0) is 14.0. The standard InChI is InChI=1S/C13H15FN4O/c1-7(2)10-6-12(18-15)17-13(16-10)8-3-4-11(19)9(14)5-8/h3-7,19H,15H2,1-2H3,(H,16,17,18). The Morgan fingerprint density at radius 2 is 2.00 bits per heavy atom. The molecule has 0 atom stereocenters. The molecule has 2 aromatic rings. The minimum absolute atomic E-state index is 0.191. The average molecular weight is 262 g/mol. The van der Waals surface area contributed by atoms with Crippen LogP contribution in [0.1, 0.15) is 25.5 Å². The number of benzene rings is 1. The van der Waals surface area contributed by atoms with Crippen molar-refractivity contribution in [1.82, 2.24) is 9.97 Å². The van der Waals surface area contributed by atoms with Crippen LogP contribution in [0.5, 0.6) is 5.75 Å². The highest BCUT2D eigenvalue weighted by Gasteiger charge is 2.11. The van der Waals surface area contributed by atoms with Gasteiger partial charge in [0.25, 0.3) is 0 Å². The fraction of sp³-hybridized carbons (Fsp3) is 0.231. The van der Waals surface area contributed by atoms with Gasteiger partial charge in [0.15, 0.2) is 17.4 Å². The number of phenolic OH excluding ortho intramolecular Hbond substituents is 1. The summed E-state index contributed by atoms with van der Waals surface area (Å²) in [7, 11) is 0. The maximum Gasteiger partial charge on any atom is 0.165 e. The topological polar surface area (TPSA) is 84.1 Å². The van der Waals surface area contributed by atoms with Crippen LogP contribution in [0.2, 0.25) is 0 Å². The van der Waals surface area contributed by atoms with Gasteiger partial charge in [0.05, 0.1) is 0 Å². The lowest BCUT2D eigenvalue weighted by molar-refractivity contribution is 0.432. The molecule has 0 spiro atoms. The molecule has 0 amide bonds. The third-order valence-corrected chi connectivity index (χ3v) is 2.69. The first-order chi connectivity index (χ1) is 9.01. The lowest BCUT2D eigenvalue weighted by atomic mass is 10.1. The second-order valence-corrected chi connectivity index (χ2v) is 4.47. The molecule has 1 heterocycles. The molecule has 100 valence electrons. The first-order valence-electron chi connectivity index (χ1n) is 5.85. The number of nitrogens with one attached hydrogen (secondary N) is 1. The SMILES string of the molecule is CC(C)c1cc(NN)nc(-c2ccc(O)c(F)c2)n1. The highest BCUT2D eigenvalue weighted by molar-refractivity contribution is 5.59. The quantitative estimate of drug-likeness (QED) is 0.584. The number of nitrogens with two attached hydrogens (primary N) is 1. The minimum atomic E-state index is -0.710. The van der Waals surface area contributed by atoms with Crippen LogP contribution in [-0.4, -0.2) is 15.1 Å². The third-order valence-electron chi connectivity index (χ3n) is 2.69. The summed E-state index contributed by atoms with van der Waals surface area (Å²) in [5.41, 5.74) is 3.74. The number of nitrogens with zero attached hydrogens (tertiary/aromatic N) is 2. The van der Waals surface area contributed by atoms with E-state index in [0.29, 0.717) is 17.2 Å². The highest BCUT2D eigenvalue weighted by Crippen LogP contribution is 2.25. The molecule has 19 heavy (non-hydrogen) atoms. The molecule has 1 aromatic carbocycles. The number of anilines is 1. The number of aromatic nitrogens is 2. The van der Waals surface area contributed by atoms with Crippen LogP contribution >= 0.6 is 0 Å². The van der Waals surface area contributed by atoms with Crippen LogP contribution in [0, 0.1) is 5.82 Å². The summed E-state index contributed by atoms with van der Waals surface area (Å²) in [5, 5.41) is 9.19. The van der Waals surface area contributed by atoms with Gasteiger partial charge in [-0.1, -0.05) is 13.8 Å². The molecule has 0 bridgehead atoms. The lowest BCUT2D eigenvalue weighted by Gasteiger charge is -2.10. The fourth-order valence-electron chi connectivity index (χ4n) is 1.61. The smallest absolute Gasteiger partial charge is 0.165 e. The number of hydrogen-bond acceptors (Lipinski definition) is 5. The Morgan fingerprint density at radius 3 is 2.58 bits per heavy atom. The summed E-state index contributed by atoms with van der Waals surface area (Å²) >= 11 is 0. The minimum Gasteiger partial charge on any atom is -0.505 e. The Kier molecular flexibility index (Phi) is 3.62. The lowest BCUT2D eigenvalue weighted by Crippen LogP contribution is -2.11. The van der Waals surface area contributed by atoms with Gasteiger partial charge in [-0.15, -0.1) is 0 Å². The second-order valence-electron chi connectivity index (χ2n) is 4.47. The van der Waals surface area contributed by atoms with E-state index in [-0.39, 0.29) is 5.92 Å². The van der Waals surface area contributed by atoms with Crippen molar-refractivity contribution in [3.05, 3.63) is 35.8 Å². The Morgan fingerprint density at radius 1 is 1.26 bits per heavy atom. The van der Waals surface area contributed by atoms with Crippen molar-refractivity contribution in [3.8, 4) is 17.1 Å². The van der Waals surface area contributed by atoms with E-state index in [2.05, 4.69) is 15.4 Å². The highest BCUT2D eigenvalue weighted by atomic mass is 19.1. The number of rotatable bonds is 3. The van der Waals surface area contributed by atoms with Gasteiger partial charge in [-0.05, 0) is 24.1 Å². The second kappa shape index (κ2) is 5.19. The van der Waals surface area contributed by atoms with Crippen molar-refractivity contribution in [3.63, 3.8) is 0 Å². The monoisotopic (exact) mass is 262 g/mol.